The molecular weight excluding hydrogens is 1360 g/mol. The number of alkyl halides is 8. The molecule has 20 nitrogen and oxygen atoms in total. The van der Waals surface area contributed by atoms with Crippen LogP contribution in [0.2, 0.25) is 0 Å². The fraction of sp³-hybridized carbons (Fsp3) is 0.542. The van der Waals surface area contributed by atoms with Crippen molar-refractivity contribution in [3.8, 4) is 5.75 Å². The zero-order valence-corrected chi connectivity index (χ0v) is 59.0. The van der Waals surface area contributed by atoms with E-state index in [0.29, 0.717) is 100 Å². The van der Waals surface area contributed by atoms with Crippen LogP contribution in [0.25, 0.3) is 0 Å². The van der Waals surface area contributed by atoms with E-state index in [0.717, 1.165) is 57.0 Å². The van der Waals surface area contributed by atoms with Crippen LogP contribution < -0.4 is 51.8 Å². The van der Waals surface area contributed by atoms with Gasteiger partial charge in [-0.3, -0.25) is 14.4 Å². The van der Waals surface area contributed by atoms with Gasteiger partial charge in [-0.25, -0.2) is 38.7 Å². The Labute approximate surface area is 591 Å². The number of rotatable bonds is 21. The number of anilines is 6. The van der Waals surface area contributed by atoms with E-state index in [-0.39, 0.29) is 106 Å². The molecule has 0 saturated carbocycles. The van der Waals surface area contributed by atoms with Crippen LogP contribution in [0, 0.1) is 34.2 Å². The van der Waals surface area contributed by atoms with Crippen molar-refractivity contribution >= 4 is 52.5 Å². The number of hydrogen-bond donors (Lipinski definition) is 6. The van der Waals surface area contributed by atoms with Crippen molar-refractivity contribution in [3.63, 3.8) is 0 Å². The number of nitrogens with zero attached hydrogens (tertiary/aromatic N) is 9. The van der Waals surface area contributed by atoms with Gasteiger partial charge in [-0.1, -0.05) is 77.9 Å². The molecule has 2 amide bonds. The number of ketones is 1. The third-order valence-electron chi connectivity index (χ3n) is 18.7. The topological polar surface area (TPSA) is 243 Å². The Balaban J connectivity index is 0.000000179. The number of carbonyl (C=O) groups is 3. The molecule has 3 aromatic carbocycles. The fourth-order valence-corrected chi connectivity index (χ4v) is 13.7. The van der Waals surface area contributed by atoms with Gasteiger partial charge in [0.2, 0.25) is 29.3 Å². The number of carbonyl (C=O) groups excluding carboxylic acids is 3. The Kier molecular flexibility index (Phi) is 25.1. The Bertz CT molecular complexity index is 3870. The van der Waals surface area contributed by atoms with Crippen LogP contribution in [0.3, 0.4) is 0 Å². The molecule has 103 heavy (non-hydrogen) atoms. The molecular formula is C72H90F11N15O5. The van der Waals surface area contributed by atoms with Gasteiger partial charge >= 0.3 is 12.4 Å². The van der Waals surface area contributed by atoms with Crippen molar-refractivity contribution in [1.29, 1.82) is 0 Å². The van der Waals surface area contributed by atoms with Crippen LogP contribution in [0.4, 0.5) is 83.2 Å². The molecule has 8 unspecified atom stereocenters. The fourth-order valence-electron chi connectivity index (χ4n) is 13.7. The Morgan fingerprint density at radius 1 is 0.602 bits per heavy atom. The number of benzene rings is 3. The second kappa shape index (κ2) is 32.9. The zero-order valence-electron chi connectivity index (χ0n) is 59.0. The molecule has 31 heteroatoms. The van der Waals surface area contributed by atoms with Gasteiger partial charge in [-0.2, -0.15) is 39.5 Å². The molecule has 5 saturated heterocycles. The van der Waals surface area contributed by atoms with E-state index in [1.54, 1.807) is 15.9 Å². The highest BCUT2D eigenvalue weighted by Gasteiger charge is 2.40. The lowest BCUT2D eigenvalue weighted by atomic mass is 9.86. The molecule has 3 aromatic heterocycles. The third-order valence-corrected chi connectivity index (χ3v) is 18.7. The first kappa shape index (κ1) is 78.4. The van der Waals surface area contributed by atoms with Crippen molar-refractivity contribution in [2.45, 2.75) is 180 Å². The lowest BCUT2D eigenvalue weighted by molar-refractivity contribution is -0.138. The third kappa shape index (κ3) is 20.2. The number of amides is 2. The molecule has 0 radical (unpaired) electrons. The highest BCUT2D eigenvalue weighted by Crippen LogP contribution is 2.45. The molecule has 0 aliphatic carbocycles. The van der Waals surface area contributed by atoms with E-state index >= 15 is 13.2 Å². The predicted octanol–water partition coefficient (Wildman–Crippen LogP) is 13.8. The molecule has 6 aromatic rings. The lowest BCUT2D eigenvalue weighted by Gasteiger charge is -2.35. The van der Waals surface area contributed by atoms with Crippen LogP contribution >= 0.6 is 0 Å². The molecule has 8 atom stereocenters. The van der Waals surface area contributed by atoms with E-state index in [9.17, 15) is 49.5 Å². The number of hydrogen-bond acceptors (Lipinski definition) is 18. The first-order chi connectivity index (χ1) is 48.5. The summed E-state index contributed by atoms with van der Waals surface area (Å²) in [5.74, 6) is -5.96. The standard InChI is InChI=1S/C25H33F4N5O.C24H32F3N5O2.C23H25F4N5O2/c1-24(2,3)13-18(20-14-30-10-12-35-20)33-22-21(26)23(32-15-31-22)34-11-4-5-19(34)16-6-8-17(9-7-16)25(27,28)29;1-23(2,3)12-16(20(28)33)31-21-19(25)22(30-13-29-21)32-10-6-7-17(32)15-9-8-14(24(4,26)27)11-18(15)34-5;1-13(33)17(11-15-8-9-28-22(15)34)31-20-19(24)21(30-12-29-20)32-10-2-3-18(32)14-4-6-16(7-5-14)23(25,26)27/h6-9,15,18-20,30H,4-5,10-14H2,1-3H3,(H,31,32,33);8-9,11,13,16-17H,6-7,10,12H2,1-5H3,(H2,28,33)(H,29,30,31);4-7,12,15,17-18H,2-3,8-11H2,1H3,(H,28,34)(H,29,30,31). The van der Waals surface area contributed by atoms with Gasteiger partial charge in [0, 0.05) is 63.2 Å². The zero-order chi connectivity index (χ0) is 74.9. The van der Waals surface area contributed by atoms with E-state index in [1.165, 1.54) is 69.4 Å². The Morgan fingerprint density at radius 2 is 1.05 bits per heavy atom. The number of nitrogens with one attached hydrogen (secondary N) is 5. The monoisotopic (exact) mass is 1450 g/mol. The van der Waals surface area contributed by atoms with Gasteiger partial charge in [-0.05, 0) is 123 Å². The van der Waals surface area contributed by atoms with Crippen LogP contribution in [0.1, 0.15) is 171 Å². The number of morpholine rings is 1. The van der Waals surface area contributed by atoms with E-state index in [1.807, 2.05) is 25.7 Å². The summed E-state index contributed by atoms with van der Waals surface area (Å²) in [4.78, 5) is 66.0. The van der Waals surface area contributed by atoms with Crippen molar-refractivity contribution in [2.24, 2.45) is 22.5 Å². The van der Waals surface area contributed by atoms with E-state index < -0.39 is 64.8 Å². The normalized spacial score (nSPS) is 20.4. The predicted molar refractivity (Wildman–Crippen MR) is 368 cm³/mol. The summed E-state index contributed by atoms with van der Waals surface area (Å²) in [6, 6.07) is 11.5. The first-order valence-electron chi connectivity index (χ1n) is 34.4. The number of methoxy groups -OCH3 is 1. The minimum absolute atomic E-state index is 0.0146. The highest BCUT2D eigenvalue weighted by atomic mass is 19.4. The minimum Gasteiger partial charge on any atom is -0.496 e. The summed E-state index contributed by atoms with van der Waals surface area (Å²) < 4.78 is 163. The summed E-state index contributed by atoms with van der Waals surface area (Å²) in [6.45, 7) is 18.5. The first-order valence-corrected chi connectivity index (χ1v) is 34.4. The summed E-state index contributed by atoms with van der Waals surface area (Å²) in [5, 5.41) is 15.0. The average molecular weight is 1450 g/mol. The SMILES string of the molecule is CC(=O)C(CC1CCNC1=O)Nc1ncnc(N2CCCC2c2ccc(C(F)(F)F)cc2)c1F.CC(C)(C)CC(Nc1ncnc(N2CCCC2c2ccc(C(F)(F)F)cc2)c1F)C1CNCCO1.COc1cc(C(C)(F)F)ccc1C1CCCN1c1ncnc(NC(CC(C)(C)C)C(N)=O)c1F. The summed E-state index contributed by atoms with van der Waals surface area (Å²) in [6.07, 6.45) is 0.978. The van der Waals surface area contributed by atoms with Crippen molar-refractivity contribution in [3.05, 3.63) is 137 Å². The van der Waals surface area contributed by atoms with Gasteiger partial charge < -0.3 is 56.5 Å². The molecule has 560 valence electrons. The van der Waals surface area contributed by atoms with Gasteiger partial charge in [-0.15, -0.1) is 0 Å². The molecule has 5 aliphatic heterocycles. The largest absolute Gasteiger partial charge is 0.496 e. The Morgan fingerprint density at radius 3 is 1.45 bits per heavy atom. The van der Waals surface area contributed by atoms with Gasteiger partial charge in [0.15, 0.2) is 40.7 Å². The van der Waals surface area contributed by atoms with Gasteiger partial charge in [0.1, 0.15) is 30.8 Å². The van der Waals surface area contributed by atoms with Crippen LogP contribution in [-0.2, 0) is 37.4 Å². The van der Waals surface area contributed by atoms with Crippen molar-refractivity contribution < 1.29 is 72.2 Å². The maximum Gasteiger partial charge on any atom is 0.416 e. The molecule has 5 fully saturated rings. The molecule has 8 heterocycles. The second-order valence-corrected chi connectivity index (χ2v) is 29.0. The van der Waals surface area contributed by atoms with E-state index in [2.05, 4.69) is 77.3 Å². The smallest absolute Gasteiger partial charge is 0.416 e. The van der Waals surface area contributed by atoms with Crippen molar-refractivity contribution in [2.75, 3.05) is 83.6 Å². The summed E-state index contributed by atoms with van der Waals surface area (Å²) in [5.41, 5.74) is 5.69. The van der Waals surface area contributed by atoms with Gasteiger partial charge in [0.05, 0.1) is 61.2 Å². The molecule has 11 rings (SSSR count). The van der Waals surface area contributed by atoms with E-state index in [4.69, 9.17) is 15.2 Å². The second-order valence-electron chi connectivity index (χ2n) is 29.0. The van der Waals surface area contributed by atoms with Crippen LogP contribution in [0.15, 0.2) is 85.7 Å². The number of halogens is 11. The minimum atomic E-state index is -4.43. The highest BCUT2D eigenvalue weighted by molar-refractivity contribution is 5.87. The number of ether oxygens (including phenoxy) is 2. The number of Topliss-reactive ketones (excluding diaryl/α,β-unsaturated/α-hetero) is 1. The average Bonchev–Trinajstić information content (AvgIpc) is 1.75. The maximum atomic E-state index is 15.8. The van der Waals surface area contributed by atoms with Crippen LogP contribution in [0.5, 0.6) is 5.75 Å². The van der Waals surface area contributed by atoms with Crippen molar-refractivity contribution in [1.82, 2.24) is 40.5 Å². The molecule has 0 bridgehead atoms. The number of primary amides is 1. The molecule has 7 N–H and O–H groups in total. The quantitative estimate of drug-likeness (QED) is 0.0367. The maximum absolute atomic E-state index is 15.8. The van der Waals surface area contributed by atoms with Crippen LogP contribution in [-0.4, -0.2) is 125 Å². The number of aromatic nitrogens is 6. The van der Waals surface area contributed by atoms with Gasteiger partial charge in [0.25, 0.3) is 5.92 Å². The summed E-state index contributed by atoms with van der Waals surface area (Å²) in [7, 11) is 1.42. The summed E-state index contributed by atoms with van der Waals surface area (Å²) >= 11 is 0. The molecule has 5 aliphatic rings. The number of nitrogens with two attached hydrogens (primary N) is 1. The molecule has 0 spiro atoms. The lowest BCUT2D eigenvalue weighted by Crippen LogP contribution is -2.49. The Hall–Kier alpha value is -8.74.